The van der Waals surface area contributed by atoms with Crippen molar-refractivity contribution in [2.45, 2.75) is 18.1 Å². The molecule has 19 heavy (non-hydrogen) atoms. The van der Waals surface area contributed by atoms with Gasteiger partial charge in [-0.2, -0.15) is 0 Å². The van der Waals surface area contributed by atoms with E-state index in [1.54, 1.807) is 18.2 Å². The van der Waals surface area contributed by atoms with E-state index in [1.807, 2.05) is 0 Å². The van der Waals surface area contributed by atoms with Crippen LogP contribution >= 0.6 is 23.2 Å². The van der Waals surface area contributed by atoms with E-state index in [1.165, 1.54) is 0 Å². The molecular weight excluding hydrogens is 309 g/mol. The van der Waals surface area contributed by atoms with Gasteiger partial charge in [0.25, 0.3) is 0 Å². The van der Waals surface area contributed by atoms with Crippen LogP contribution in [0.3, 0.4) is 0 Å². The van der Waals surface area contributed by atoms with E-state index >= 15 is 0 Å². The molecule has 0 spiro atoms. The molecule has 0 bridgehead atoms. The highest BCUT2D eigenvalue weighted by Gasteiger charge is 2.34. The summed E-state index contributed by atoms with van der Waals surface area (Å²) < 4.78 is 28.5. The first-order valence-electron chi connectivity index (χ1n) is 5.91. The van der Waals surface area contributed by atoms with Crippen molar-refractivity contribution in [2.75, 3.05) is 13.2 Å². The fraction of sp³-hybridized carbons (Fsp3) is 0.500. The summed E-state index contributed by atoms with van der Waals surface area (Å²) in [6.45, 7) is 0.798. The first kappa shape index (κ1) is 15.1. The van der Waals surface area contributed by atoms with Gasteiger partial charge in [-0.05, 0) is 30.5 Å². The Kier molecular flexibility index (Phi) is 4.74. The van der Waals surface area contributed by atoms with Crippen molar-refractivity contribution in [1.29, 1.82) is 0 Å². The molecule has 4 nitrogen and oxygen atoms in total. The predicted molar refractivity (Wildman–Crippen MR) is 76.0 cm³/mol. The molecule has 2 N–H and O–H groups in total. The first-order valence-corrected chi connectivity index (χ1v) is 8.28. The standard InChI is InChI=1S/C12H15Cl2NO3S/c13-10-2-1-8(11(14)6-10)5-9-7-18-4-3-12(9)19(15,16)17/h1-2,6,9,12H,3-5,7H2,(H2,15,16,17)/t9-,12+/m1/s1. The Hall–Kier alpha value is -0.330. The highest BCUT2D eigenvalue weighted by Crippen LogP contribution is 2.28. The lowest BCUT2D eigenvalue weighted by Gasteiger charge is -2.30. The minimum Gasteiger partial charge on any atom is -0.381 e. The number of hydrogen-bond acceptors (Lipinski definition) is 3. The van der Waals surface area contributed by atoms with Gasteiger partial charge in [-0.3, -0.25) is 0 Å². The van der Waals surface area contributed by atoms with Crippen LogP contribution in [0.2, 0.25) is 10.0 Å². The summed E-state index contributed by atoms with van der Waals surface area (Å²) in [4.78, 5) is 0. The zero-order chi connectivity index (χ0) is 14.0. The summed E-state index contributed by atoms with van der Waals surface area (Å²) in [5, 5.41) is 5.79. The Morgan fingerprint density at radius 1 is 1.37 bits per heavy atom. The van der Waals surface area contributed by atoms with Gasteiger partial charge < -0.3 is 4.74 Å². The van der Waals surface area contributed by atoms with Crippen LogP contribution in [-0.2, 0) is 21.2 Å². The van der Waals surface area contributed by atoms with Crippen LogP contribution in [0.1, 0.15) is 12.0 Å². The number of nitrogens with two attached hydrogens (primary N) is 1. The van der Waals surface area contributed by atoms with Crippen LogP contribution in [0.15, 0.2) is 18.2 Å². The lowest BCUT2D eigenvalue weighted by Crippen LogP contribution is -2.42. The monoisotopic (exact) mass is 323 g/mol. The maximum absolute atomic E-state index is 11.6. The van der Waals surface area contributed by atoms with E-state index in [2.05, 4.69) is 0 Å². The summed E-state index contributed by atoms with van der Waals surface area (Å²) >= 11 is 11.9. The van der Waals surface area contributed by atoms with E-state index in [9.17, 15) is 8.42 Å². The van der Waals surface area contributed by atoms with Gasteiger partial charge in [0.05, 0.1) is 11.9 Å². The third-order valence-electron chi connectivity index (χ3n) is 3.32. The second-order valence-electron chi connectivity index (χ2n) is 4.69. The first-order chi connectivity index (χ1) is 8.88. The van der Waals surface area contributed by atoms with Crippen LogP contribution in [0, 0.1) is 5.92 Å². The van der Waals surface area contributed by atoms with E-state index in [4.69, 9.17) is 33.1 Å². The SMILES string of the molecule is NS(=O)(=O)[C@H]1CCOC[C@H]1Cc1ccc(Cl)cc1Cl. The third-order valence-corrected chi connectivity index (χ3v) is 5.38. The van der Waals surface area contributed by atoms with Gasteiger partial charge in [0.2, 0.25) is 10.0 Å². The van der Waals surface area contributed by atoms with Gasteiger partial charge in [-0.15, -0.1) is 0 Å². The Morgan fingerprint density at radius 2 is 2.11 bits per heavy atom. The summed E-state index contributed by atoms with van der Waals surface area (Å²) in [5.74, 6) is -0.178. The van der Waals surface area contributed by atoms with Gasteiger partial charge in [0, 0.05) is 22.6 Å². The number of primary sulfonamides is 1. The second-order valence-corrected chi connectivity index (χ2v) is 7.32. The van der Waals surface area contributed by atoms with E-state index in [0.29, 0.717) is 36.1 Å². The molecule has 0 unspecified atom stereocenters. The van der Waals surface area contributed by atoms with Crippen molar-refractivity contribution >= 4 is 33.2 Å². The highest BCUT2D eigenvalue weighted by molar-refractivity contribution is 7.89. The molecule has 1 aromatic rings. The van der Waals surface area contributed by atoms with Crippen molar-refractivity contribution in [3.05, 3.63) is 33.8 Å². The lowest BCUT2D eigenvalue weighted by molar-refractivity contribution is 0.0573. The molecule has 1 aromatic carbocycles. The molecule has 2 rings (SSSR count). The highest BCUT2D eigenvalue weighted by atomic mass is 35.5. The molecule has 7 heteroatoms. The number of rotatable bonds is 3. The van der Waals surface area contributed by atoms with Gasteiger partial charge in [0.1, 0.15) is 0 Å². The third kappa shape index (κ3) is 3.83. The van der Waals surface area contributed by atoms with Gasteiger partial charge >= 0.3 is 0 Å². The van der Waals surface area contributed by atoms with Crippen molar-refractivity contribution in [1.82, 2.24) is 0 Å². The van der Waals surface area contributed by atoms with Crippen LogP contribution in [0.4, 0.5) is 0 Å². The molecular formula is C12H15Cl2NO3S. The lowest BCUT2D eigenvalue weighted by atomic mass is 9.93. The number of halogens is 2. The molecule has 1 aliphatic rings. The predicted octanol–water partition coefficient (Wildman–Crippen LogP) is 2.23. The maximum Gasteiger partial charge on any atom is 0.212 e. The Labute approximate surface area is 122 Å². The number of hydrogen-bond donors (Lipinski definition) is 1. The van der Waals surface area contributed by atoms with Crippen molar-refractivity contribution in [2.24, 2.45) is 11.1 Å². The van der Waals surface area contributed by atoms with E-state index < -0.39 is 15.3 Å². The molecule has 2 atom stereocenters. The summed E-state index contributed by atoms with van der Waals surface area (Å²) in [6, 6.07) is 5.19. The number of sulfonamides is 1. The van der Waals surface area contributed by atoms with E-state index in [0.717, 1.165) is 5.56 Å². The topological polar surface area (TPSA) is 69.4 Å². The average molecular weight is 324 g/mol. The molecule has 0 aromatic heterocycles. The maximum atomic E-state index is 11.6. The fourth-order valence-electron chi connectivity index (χ4n) is 2.37. The minimum atomic E-state index is -3.57. The fourth-order valence-corrected chi connectivity index (χ4v) is 3.99. The molecule has 1 fully saturated rings. The molecule has 106 valence electrons. The van der Waals surface area contributed by atoms with Crippen LogP contribution in [0.5, 0.6) is 0 Å². The van der Waals surface area contributed by atoms with Gasteiger partial charge in [-0.1, -0.05) is 29.3 Å². The summed E-state index contributed by atoms with van der Waals surface area (Å²) in [5.41, 5.74) is 0.857. The Balaban J connectivity index is 2.20. The molecule has 0 saturated carbocycles. The average Bonchev–Trinajstić information content (AvgIpc) is 2.32. The molecule has 1 aliphatic heterocycles. The summed E-state index contributed by atoms with van der Waals surface area (Å²) in [6.07, 6.45) is 0.936. The van der Waals surface area contributed by atoms with Crippen LogP contribution in [-0.4, -0.2) is 26.9 Å². The van der Waals surface area contributed by atoms with Crippen molar-refractivity contribution < 1.29 is 13.2 Å². The minimum absolute atomic E-state index is 0.178. The Bertz CT molecular complexity index is 562. The van der Waals surface area contributed by atoms with Crippen molar-refractivity contribution in [3.63, 3.8) is 0 Å². The van der Waals surface area contributed by atoms with Crippen molar-refractivity contribution in [3.8, 4) is 0 Å². The van der Waals surface area contributed by atoms with Crippen LogP contribution < -0.4 is 5.14 Å². The van der Waals surface area contributed by atoms with Gasteiger partial charge in [-0.25, -0.2) is 13.6 Å². The molecule has 1 heterocycles. The zero-order valence-electron chi connectivity index (χ0n) is 10.2. The molecule has 0 aliphatic carbocycles. The number of ether oxygens (including phenoxy) is 1. The smallest absolute Gasteiger partial charge is 0.212 e. The molecule has 0 radical (unpaired) electrons. The quantitative estimate of drug-likeness (QED) is 0.927. The normalized spacial score (nSPS) is 24.4. The second kappa shape index (κ2) is 5.97. The molecule has 1 saturated heterocycles. The summed E-state index contributed by atoms with van der Waals surface area (Å²) in [7, 11) is -3.57. The van der Waals surface area contributed by atoms with E-state index in [-0.39, 0.29) is 5.92 Å². The van der Waals surface area contributed by atoms with Gasteiger partial charge in [0.15, 0.2) is 0 Å². The largest absolute Gasteiger partial charge is 0.381 e. The number of benzene rings is 1. The Morgan fingerprint density at radius 3 is 2.74 bits per heavy atom. The zero-order valence-corrected chi connectivity index (χ0v) is 12.5. The molecule has 0 amide bonds. The van der Waals surface area contributed by atoms with Crippen LogP contribution in [0.25, 0.3) is 0 Å².